The molecular formula is C23H27N11O. The van der Waals surface area contributed by atoms with E-state index in [1.54, 1.807) is 48.8 Å². The van der Waals surface area contributed by atoms with Crippen LogP contribution in [0.25, 0.3) is 11.2 Å². The maximum atomic E-state index is 11.8. The molecule has 4 rings (SSSR count). The van der Waals surface area contributed by atoms with Gasteiger partial charge in [-0.25, -0.2) is 4.98 Å². The van der Waals surface area contributed by atoms with Crippen molar-refractivity contribution in [1.82, 2.24) is 19.5 Å². The molecule has 0 saturated carbocycles. The maximum absolute atomic E-state index is 11.8. The summed E-state index contributed by atoms with van der Waals surface area (Å²) in [6.07, 6.45) is 1.72. The Morgan fingerprint density at radius 3 is 2.51 bits per heavy atom. The number of aromatic nitrogens is 4. The van der Waals surface area contributed by atoms with E-state index in [-0.39, 0.29) is 5.91 Å². The average Bonchev–Trinajstić information content (AvgIpc) is 3.26. The van der Waals surface area contributed by atoms with Gasteiger partial charge in [0.05, 0.1) is 29.1 Å². The number of anilines is 5. The quantitative estimate of drug-likeness (QED) is 0.180. The monoisotopic (exact) mass is 473 g/mol. The smallest absolute Gasteiger partial charge is 0.231 e. The molecule has 0 fully saturated rings. The second kappa shape index (κ2) is 10.6. The molecule has 2 aromatic heterocycles. The van der Waals surface area contributed by atoms with Gasteiger partial charge in [-0.3, -0.25) is 4.79 Å². The van der Waals surface area contributed by atoms with Gasteiger partial charge >= 0.3 is 0 Å². The SMILES string of the molecule is CCn1cnc2c(NCCN)nc(Nc3cc(/N=N/c4ccc(N)cc4)ccc3NC(C)=O)nc21. The number of benzene rings is 2. The Labute approximate surface area is 201 Å². The van der Waals surface area contributed by atoms with Gasteiger partial charge in [0.25, 0.3) is 0 Å². The van der Waals surface area contributed by atoms with Crippen LogP contribution in [0.3, 0.4) is 0 Å². The maximum Gasteiger partial charge on any atom is 0.231 e. The average molecular weight is 474 g/mol. The first-order valence-electron chi connectivity index (χ1n) is 11.1. The molecule has 7 N–H and O–H groups in total. The molecule has 2 aromatic carbocycles. The van der Waals surface area contributed by atoms with Gasteiger partial charge in [0.15, 0.2) is 17.0 Å². The molecule has 0 aliphatic rings. The van der Waals surface area contributed by atoms with Crippen molar-refractivity contribution >= 4 is 57.3 Å². The van der Waals surface area contributed by atoms with Crippen LogP contribution in [-0.2, 0) is 11.3 Å². The number of nitrogen functional groups attached to an aromatic ring is 1. The summed E-state index contributed by atoms with van der Waals surface area (Å²) in [4.78, 5) is 25.5. The number of fused-ring (bicyclic) bond motifs is 1. The molecule has 0 atom stereocenters. The fourth-order valence-corrected chi connectivity index (χ4v) is 3.32. The van der Waals surface area contributed by atoms with E-state index in [1.165, 1.54) is 6.92 Å². The lowest BCUT2D eigenvalue weighted by atomic mass is 10.2. The van der Waals surface area contributed by atoms with Gasteiger partial charge in [-0.05, 0) is 49.4 Å². The van der Waals surface area contributed by atoms with E-state index < -0.39 is 0 Å². The summed E-state index contributed by atoms with van der Waals surface area (Å²) in [5.74, 6) is 0.678. The summed E-state index contributed by atoms with van der Waals surface area (Å²) in [5, 5.41) is 17.8. The topological polar surface area (TPSA) is 174 Å². The summed E-state index contributed by atoms with van der Waals surface area (Å²) in [6, 6.07) is 12.3. The van der Waals surface area contributed by atoms with E-state index in [0.29, 0.717) is 71.0 Å². The van der Waals surface area contributed by atoms with E-state index in [9.17, 15) is 4.79 Å². The van der Waals surface area contributed by atoms with E-state index in [4.69, 9.17) is 11.5 Å². The fraction of sp³-hybridized carbons (Fsp3) is 0.217. The van der Waals surface area contributed by atoms with Gasteiger partial charge in [0, 0.05) is 32.2 Å². The molecule has 2 heterocycles. The van der Waals surface area contributed by atoms with Crippen molar-refractivity contribution < 1.29 is 4.79 Å². The largest absolute Gasteiger partial charge is 0.399 e. The van der Waals surface area contributed by atoms with Crippen LogP contribution in [0.15, 0.2) is 59.0 Å². The van der Waals surface area contributed by atoms with Gasteiger partial charge in [0.1, 0.15) is 0 Å². The van der Waals surface area contributed by atoms with Gasteiger partial charge in [0.2, 0.25) is 11.9 Å². The third-order valence-electron chi connectivity index (χ3n) is 4.98. The summed E-state index contributed by atoms with van der Waals surface area (Å²) in [5.41, 5.74) is 15.7. The zero-order valence-corrected chi connectivity index (χ0v) is 19.5. The normalized spacial score (nSPS) is 11.2. The summed E-state index contributed by atoms with van der Waals surface area (Å²) >= 11 is 0. The van der Waals surface area contributed by atoms with Crippen LogP contribution in [0.1, 0.15) is 13.8 Å². The number of carbonyl (C=O) groups is 1. The van der Waals surface area contributed by atoms with Crippen LogP contribution < -0.4 is 27.4 Å². The Kier molecular flexibility index (Phi) is 7.12. The number of carbonyl (C=O) groups excluding carboxylic acids is 1. The van der Waals surface area contributed by atoms with Crippen molar-refractivity contribution in [1.29, 1.82) is 0 Å². The molecule has 4 aromatic rings. The molecule has 0 unspecified atom stereocenters. The molecule has 1 amide bonds. The van der Waals surface area contributed by atoms with Crippen molar-refractivity contribution in [3.05, 3.63) is 48.8 Å². The summed E-state index contributed by atoms with van der Waals surface area (Å²) in [7, 11) is 0. The number of nitrogens with one attached hydrogen (secondary N) is 3. The van der Waals surface area contributed by atoms with Crippen LogP contribution in [0.2, 0.25) is 0 Å². The first-order chi connectivity index (χ1) is 17.0. The number of hydrogen-bond donors (Lipinski definition) is 5. The number of nitrogens with zero attached hydrogens (tertiary/aromatic N) is 6. The second-order valence-corrected chi connectivity index (χ2v) is 7.64. The zero-order valence-electron chi connectivity index (χ0n) is 19.5. The zero-order chi connectivity index (χ0) is 24.8. The van der Waals surface area contributed by atoms with Crippen molar-refractivity contribution in [2.75, 3.05) is 34.8 Å². The predicted molar refractivity (Wildman–Crippen MR) is 138 cm³/mol. The molecule has 12 heteroatoms. The minimum atomic E-state index is -0.213. The van der Waals surface area contributed by atoms with Crippen LogP contribution in [0, 0.1) is 0 Å². The van der Waals surface area contributed by atoms with Crippen LogP contribution in [-0.4, -0.2) is 38.5 Å². The lowest BCUT2D eigenvalue weighted by Crippen LogP contribution is -2.15. The fourth-order valence-electron chi connectivity index (χ4n) is 3.32. The highest BCUT2D eigenvalue weighted by atomic mass is 16.1. The highest BCUT2D eigenvalue weighted by molar-refractivity contribution is 5.94. The lowest BCUT2D eigenvalue weighted by Gasteiger charge is -2.13. The van der Waals surface area contributed by atoms with Gasteiger partial charge < -0.3 is 32.0 Å². The number of hydrogen-bond acceptors (Lipinski definition) is 10. The molecule has 0 aliphatic heterocycles. The molecule has 0 aliphatic carbocycles. The highest BCUT2D eigenvalue weighted by Gasteiger charge is 2.14. The standard InChI is InChI=1S/C23H27N11O/c1-3-34-13-27-20-21(26-11-10-24)30-23(31-22(20)34)29-19-12-17(8-9-18(19)28-14(2)35)33-32-16-6-4-15(25)5-7-16/h4-9,12-13H,3,10-11,24-25H2,1-2H3,(H,28,35)(H2,26,29,30,31)/b33-32+. The van der Waals surface area contributed by atoms with Crippen molar-refractivity contribution in [2.45, 2.75) is 20.4 Å². The Hall–Kier alpha value is -4.58. The molecule has 0 bridgehead atoms. The molecule has 12 nitrogen and oxygen atoms in total. The number of azo groups is 1. The molecule has 180 valence electrons. The number of rotatable bonds is 9. The molecular weight excluding hydrogens is 446 g/mol. The summed E-state index contributed by atoms with van der Waals surface area (Å²) < 4.78 is 1.92. The number of amides is 1. The number of aryl methyl sites for hydroxylation is 1. The molecule has 0 radical (unpaired) electrons. The van der Waals surface area contributed by atoms with Gasteiger partial charge in [-0.2, -0.15) is 20.2 Å². The number of nitrogens with two attached hydrogens (primary N) is 2. The van der Waals surface area contributed by atoms with E-state index >= 15 is 0 Å². The van der Waals surface area contributed by atoms with Crippen molar-refractivity contribution in [3.63, 3.8) is 0 Å². The first-order valence-corrected chi connectivity index (χ1v) is 11.1. The van der Waals surface area contributed by atoms with E-state index in [1.807, 2.05) is 11.5 Å². The highest BCUT2D eigenvalue weighted by Crippen LogP contribution is 2.31. The predicted octanol–water partition coefficient (Wildman–Crippen LogP) is 3.92. The Morgan fingerprint density at radius 2 is 1.80 bits per heavy atom. The van der Waals surface area contributed by atoms with E-state index in [2.05, 4.69) is 41.1 Å². The first kappa shape index (κ1) is 23.6. The van der Waals surface area contributed by atoms with Crippen LogP contribution in [0.4, 0.5) is 40.2 Å². The minimum Gasteiger partial charge on any atom is -0.399 e. The van der Waals surface area contributed by atoms with Gasteiger partial charge in [-0.1, -0.05) is 0 Å². The second-order valence-electron chi connectivity index (χ2n) is 7.64. The molecule has 35 heavy (non-hydrogen) atoms. The Bertz CT molecular complexity index is 1360. The third-order valence-corrected chi connectivity index (χ3v) is 4.98. The Balaban J connectivity index is 1.71. The summed E-state index contributed by atoms with van der Waals surface area (Å²) in [6.45, 7) is 5.12. The molecule has 0 spiro atoms. The third kappa shape index (κ3) is 5.68. The van der Waals surface area contributed by atoms with Crippen molar-refractivity contribution in [2.24, 2.45) is 16.0 Å². The molecule has 0 saturated heterocycles. The lowest BCUT2D eigenvalue weighted by molar-refractivity contribution is -0.114. The number of imidazole rings is 1. The van der Waals surface area contributed by atoms with Crippen LogP contribution in [0.5, 0.6) is 0 Å². The van der Waals surface area contributed by atoms with Crippen LogP contribution >= 0.6 is 0 Å². The Morgan fingerprint density at radius 1 is 1.06 bits per heavy atom. The minimum absolute atomic E-state index is 0.213. The van der Waals surface area contributed by atoms with Gasteiger partial charge in [-0.15, -0.1) is 0 Å². The van der Waals surface area contributed by atoms with E-state index in [0.717, 1.165) is 0 Å². The van der Waals surface area contributed by atoms with Crippen molar-refractivity contribution in [3.8, 4) is 0 Å².